The van der Waals surface area contributed by atoms with E-state index in [2.05, 4.69) is 0 Å². The van der Waals surface area contributed by atoms with Crippen LogP contribution in [0.3, 0.4) is 0 Å². The molecule has 1 aromatic rings. The molecule has 0 amide bonds. The molecule has 2 nitrogen and oxygen atoms in total. The molecule has 0 bridgehead atoms. The summed E-state index contributed by atoms with van der Waals surface area (Å²) in [4.78, 5) is 11.5. The summed E-state index contributed by atoms with van der Waals surface area (Å²) in [7, 11) is 0. The SMILES string of the molecule is CC.Cc1cc(C)c(=O)n2c1C(F)(F)CC2. The van der Waals surface area contributed by atoms with Crippen LogP contribution >= 0.6 is 0 Å². The lowest BCUT2D eigenvalue weighted by atomic mass is 10.1. The number of fused-ring (bicyclic) bond motifs is 1. The Bertz CT molecular complexity index is 449. The molecule has 0 N–H and O–H groups in total. The highest BCUT2D eigenvalue weighted by Crippen LogP contribution is 2.38. The first-order valence-electron chi connectivity index (χ1n) is 5.53. The normalized spacial score (nSPS) is 16.4. The predicted octanol–water partition coefficient (Wildman–Crippen LogP) is 2.99. The number of nitrogens with zero attached hydrogens (tertiary/aromatic N) is 1. The second-order valence-corrected chi connectivity index (χ2v) is 3.77. The molecular weight excluding hydrogens is 212 g/mol. The number of aromatic nitrogens is 1. The molecule has 1 aliphatic heterocycles. The van der Waals surface area contributed by atoms with E-state index in [4.69, 9.17) is 0 Å². The molecule has 0 atom stereocenters. The Balaban J connectivity index is 0.000000606. The first-order valence-corrected chi connectivity index (χ1v) is 5.53. The molecule has 90 valence electrons. The quantitative estimate of drug-likeness (QED) is 0.670. The van der Waals surface area contributed by atoms with Crippen LogP contribution in [0.1, 0.15) is 37.1 Å². The summed E-state index contributed by atoms with van der Waals surface area (Å²) < 4.78 is 27.9. The zero-order valence-electron chi connectivity index (χ0n) is 10.1. The molecule has 16 heavy (non-hydrogen) atoms. The van der Waals surface area contributed by atoms with E-state index in [1.165, 1.54) is 10.6 Å². The smallest absolute Gasteiger partial charge is 0.289 e. The number of alkyl halides is 2. The first kappa shape index (κ1) is 12.9. The minimum Gasteiger partial charge on any atom is -0.306 e. The number of rotatable bonds is 0. The maximum atomic E-state index is 13.3. The Hall–Kier alpha value is -1.19. The highest BCUT2D eigenvalue weighted by Gasteiger charge is 2.41. The van der Waals surface area contributed by atoms with Gasteiger partial charge in [0.2, 0.25) is 0 Å². The Morgan fingerprint density at radius 3 is 2.38 bits per heavy atom. The van der Waals surface area contributed by atoms with E-state index in [0.29, 0.717) is 11.1 Å². The lowest BCUT2D eigenvalue weighted by Crippen LogP contribution is -2.24. The predicted molar refractivity (Wildman–Crippen MR) is 60.0 cm³/mol. The van der Waals surface area contributed by atoms with Gasteiger partial charge in [-0.05, 0) is 25.5 Å². The average Bonchev–Trinajstić information content (AvgIpc) is 2.55. The zero-order valence-corrected chi connectivity index (χ0v) is 10.1. The van der Waals surface area contributed by atoms with Gasteiger partial charge >= 0.3 is 0 Å². The van der Waals surface area contributed by atoms with E-state index in [1.54, 1.807) is 13.8 Å². The second-order valence-electron chi connectivity index (χ2n) is 3.77. The van der Waals surface area contributed by atoms with Crippen molar-refractivity contribution in [1.29, 1.82) is 0 Å². The van der Waals surface area contributed by atoms with Crippen LogP contribution in [-0.2, 0) is 12.5 Å². The topological polar surface area (TPSA) is 22.0 Å². The lowest BCUT2D eigenvalue weighted by Gasteiger charge is -2.13. The van der Waals surface area contributed by atoms with Crippen LogP contribution in [0.25, 0.3) is 0 Å². The molecule has 0 fully saturated rings. The molecule has 0 radical (unpaired) electrons. The Kier molecular flexibility index (Phi) is 3.51. The van der Waals surface area contributed by atoms with Crippen LogP contribution in [-0.4, -0.2) is 4.57 Å². The highest BCUT2D eigenvalue weighted by atomic mass is 19.3. The van der Waals surface area contributed by atoms with Crippen LogP contribution in [0, 0.1) is 13.8 Å². The Labute approximate surface area is 93.9 Å². The fourth-order valence-corrected chi connectivity index (χ4v) is 2.05. The van der Waals surface area contributed by atoms with Crippen molar-refractivity contribution in [1.82, 2.24) is 4.57 Å². The molecule has 4 heteroatoms. The fourth-order valence-electron chi connectivity index (χ4n) is 2.05. The number of aryl methyl sites for hydroxylation is 2. The average molecular weight is 229 g/mol. The molecule has 0 unspecified atom stereocenters. The van der Waals surface area contributed by atoms with Crippen LogP contribution in [0.5, 0.6) is 0 Å². The maximum Gasteiger partial charge on any atom is 0.289 e. The molecule has 0 saturated heterocycles. The van der Waals surface area contributed by atoms with E-state index >= 15 is 0 Å². The standard InChI is InChI=1S/C10H11F2NO.C2H6/c1-6-5-7(2)9(14)13-4-3-10(11,12)8(6)13;1-2/h5H,3-4H2,1-2H3;1-2H3. The lowest BCUT2D eigenvalue weighted by molar-refractivity contribution is -0.00287. The second kappa shape index (κ2) is 4.36. The third-order valence-corrected chi connectivity index (χ3v) is 2.65. The summed E-state index contributed by atoms with van der Waals surface area (Å²) in [6, 6.07) is 1.54. The van der Waals surface area contributed by atoms with E-state index in [1.807, 2.05) is 13.8 Å². The third kappa shape index (κ3) is 1.88. The fraction of sp³-hybridized carbons (Fsp3) is 0.583. The minimum absolute atomic E-state index is 0.104. The van der Waals surface area contributed by atoms with E-state index in [9.17, 15) is 13.6 Å². The highest BCUT2D eigenvalue weighted by molar-refractivity contribution is 5.30. The van der Waals surface area contributed by atoms with Crippen molar-refractivity contribution in [3.05, 3.63) is 33.2 Å². The Morgan fingerprint density at radius 1 is 1.25 bits per heavy atom. The van der Waals surface area contributed by atoms with Crippen molar-refractivity contribution in [3.63, 3.8) is 0 Å². The number of hydrogen-bond donors (Lipinski definition) is 0. The molecule has 2 rings (SSSR count). The van der Waals surface area contributed by atoms with Crippen molar-refractivity contribution in [2.75, 3.05) is 0 Å². The van der Waals surface area contributed by atoms with Crippen molar-refractivity contribution in [3.8, 4) is 0 Å². The third-order valence-electron chi connectivity index (χ3n) is 2.65. The van der Waals surface area contributed by atoms with Gasteiger partial charge in [0.25, 0.3) is 11.5 Å². The van der Waals surface area contributed by atoms with Crippen LogP contribution in [0.2, 0.25) is 0 Å². The van der Waals surface area contributed by atoms with Gasteiger partial charge < -0.3 is 4.57 Å². The van der Waals surface area contributed by atoms with Gasteiger partial charge in [-0.3, -0.25) is 4.79 Å². The summed E-state index contributed by atoms with van der Waals surface area (Å²) >= 11 is 0. The van der Waals surface area contributed by atoms with Gasteiger partial charge in [0.05, 0.1) is 5.69 Å². The summed E-state index contributed by atoms with van der Waals surface area (Å²) in [6.07, 6.45) is -0.257. The number of hydrogen-bond acceptors (Lipinski definition) is 1. The number of pyridine rings is 1. The summed E-state index contributed by atoms with van der Waals surface area (Å²) in [5.41, 5.74) is 0.643. The van der Waals surface area contributed by atoms with Gasteiger partial charge in [-0.25, -0.2) is 0 Å². The molecule has 2 heterocycles. The first-order chi connectivity index (χ1) is 7.43. The van der Waals surface area contributed by atoms with Crippen LogP contribution < -0.4 is 5.56 Å². The van der Waals surface area contributed by atoms with E-state index in [-0.39, 0.29) is 24.2 Å². The molecule has 0 aliphatic carbocycles. The molecule has 1 aromatic heterocycles. The summed E-state index contributed by atoms with van der Waals surface area (Å²) in [6.45, 7) is 7.40. The molecule has 0 spiro atoms. The monoisotopic (exact) mass is 229 g/mol. The van der Waals surface area contributed by atoms with E-state index in [0.717, 1.165) is 0 Å². The van der Waals surface area contributed by atoms with Crippen molar-refractivity contribution < 1.29 is 8.78 Å². The van der Waals surface area contributed by atoms with Crippen molar-refractivity contribution >= 4 is 0 Å². The van der Waals surface area contributed by atoms with Gasteiger partial charge in [0.1, 0.15) is 0 Å². The summed E-state index contributed by atoms with van der Waals surface area (Å²) in [5, 5.41) is 0. The summed E-state index contributed by atoms with van der Waals surface area (Å²) in [5.74, 6) is -2.84. The largest absolute Gasteiger partial charge is 0.306 e. The molecular formula is C12H17F2NO. The van der Waals surface area contributed by atoms with Gasteiger partial charge in [-0.2, -0.15) is 8.78 Å². The molecule has 0 saturated carbocycles. The molecule has 0 aromatic carbocycles. The molecule has 1 aliphatic rings. The zero-order chi connectivity index (χ0) is 12.5. The van der Waals surface area contributed by atoms with Gasteiger partial charge in [0.15, 0.2) is 0 Å². The van der Waals surface area contributed by atoms with Gasteiger partial charge in [-0.1, -0.05) is 13.8 Å². The van der Waals surface area contributed by atoms with Gasteiger partial charge in [0, 0.05) is 18.5 Å². The van der Waals surface area contributed by atoms with Crippen molar-refractivity contribution in [2.24, 2.45) is 0 Å². The Morgan fingerprint density at radius 2 is 1.81 bits per heavy atom. The number of halogens is 2. The van der Waals surface area contributed by atoms with E-state index < -0.39 is 5.92 Å². The van der Waals surface area contributed by atoms with Gasteiger partial charge in [-0.15, -0.1) is 0 Å². The van der Waals surface area contributed by atoms with Crippen LogP contribution in [0.15, 0.2) is 10.9 Å². The van der Waals surface area contributed by atoms with Crippen molar-refractivity contribution in [2.45, 2.75) is 46.6 Å². The maximum absolute atomic E-state index is 13.3. The van der Waals surface area contributed by atoms with Crippen LogP contribution in [0.4, 0.5) is 8.78 Å². The minimum atomic E-state index is -2.84.